The third-order valence-corrected chi connectivity index (χ3v) is 4.64. The summed E-state index contributed by atoms with van der Waals surface area (Å²) in [4.78, 5) is 11.3. The van der Waals surface area contributed by atoms with Gasteiger partial charge < -0.3 is 14.6 Å². The van der Waals surface area contributed by atoms with E-state index in [4.69, 9.17) is 4.74 Å². The normalized spacial score (nSPS) is 30.1. The first-order valence-electron chi connectivity index (χ1n) is 7.30. The minimum absolute atomic E-state index is 0.0645. The lowest BCUT2D eigenvalue weighted by Gasteiger charge is -2.47. The van der Waals surface area contributed by atoms with Gasteiger partial charge in [0.05, 0.1) is 5.60 Å². The SMILES string of the molecule is CC[C@@]1(C)C[C@](CC(=O)[O-])(c2ccc(C)cc2)CCO1. The summed E-state index contributed by atoms with van der Waals surface area (Å²) in [5, 5.41) is 11.3. The molecule has 0 amide bonds. The number of hydrogen-bond acceptors (Lipinski definition) is 3. The fourth-order valence-electron chi connectivity index (χ4n) is 3.26. The molecule has 3 heteroatoms. The van der Waals surface area contributed by atoms with Crippen molar-refractivity contribution in [2.24, 2.45) is 0 Å². The monoisotopic (exact) mass is 275 g/mol. The Morgan fingerprint density at radius 3 is 2.55 bits per heavy atom. The average Bonchev–Trinajstić information content (AvgIpc) is 2.38. The second-order valence-corrected chi connectivity index (χ2v) is 6.27. The average molecular weight is 275 g/mol. The maximum absolute atomic E-state index is 11.3. The number of hydrogen-bond donors (Lipinski definition) is 0. The van der Waals surface area contributed by atoms with Gasteiger partial charge in [-0.1, -0.05) is 36.8 Å². The maximum atomic E-state index is 11.3. The van der Waals surface area contributed by atoms with Crippen LogP contribution in [0.2, 0.25) is 0 Å². The van der Waals surface area contributed by atoms with Gasteiger partial charge in [0.2, 0.25) is 0 Å². The van der Waals surface area contributed by atoms with Crippen LogP contribution in [0.4, 0.5) is 0 Å². The van der Waals surface area contributed by atoms with Gasteiger partial charge in [-0.05, 0) is 45.1 Å². The fraction of sp³-hybridized carbons (Fsp3) is 0.588. The van der Waals surface area contributed by atoms with Crippen LogP contribution in [-0.2, 0) is 14.9 Å². The summed E-state index contributed by atoms with van der Waals surface area (Å²) >= 11 is 0. The van der Waals surface area contributed by atoms with Crippen molar-refractivity contribution in [1.29, 1.82) is 0 Å². The summed E-state index contributed by atoms with van der Waals surface area (Å²) in [6.45, 7) is 6.80. The van der Waals surface area contributed by atoms with Gasteiger partial charge in [-0.25, -0.2) is 0 Å². The Bertz CT molecular complexity index is 480. The van der Waals surface area contributed by atoms with Crippen LogP contribution in [0.5, 0.6) is 0 Å². The third-order valence-electron chi connectivity index (χ3n) is 4.64. The van der Waals surface area contributed by atoms with Crippen molar-refractivity contribution in [3.63, 3.8) is 0 Å². The van der Waals surface area contributed by atoms with E-state index in [9.17, 15) is 9.90 Å². The molecule has 1 aliphatic heterocycles. The van der Waals surface area contributed by atoms with Gasteiger partial charge in [0.15, 0.2) is 0 Å². The molecule has 0 radical (unpaired) electrons. The van der Waals surface area contributed by atoms with Crippen LogP contribution >= 0.6 is 0 Å². The Balaban J connectivity index is 2.39. The lowest BCUT2D eigenvalue weighted by molar-refractivity contribution is -0.308. The minimum Gasteiger partial charge on any atom is -0.550 e. The molecule has 0 aliphatic carbocycles. The second-order valence-electron chi connectivity index (χ2n) is 6.27. The highest BCUT2D eigenvalue weighted by atomic mass is 16.5. The quantitative estimate of drug-likeness (QED) is 0.847. The molecule has 1 aliphatic rings. The predicted molar refractivity (Wildman–Crippen MR) is 76.4 cm³/mol. The van der Waals surface area contributed by atoms with Crippen LogP contribution in [0.1, 0.15) is 50.7 Å². The molecule has 0 unspecified atom stereocenters. The lowest BCUT2D eigenvalue weighted by Crippen LogP contribution is -2.48. The molecule has 1 heterocycles. The second kappa shape index (κ2) is 5.57. The summed E-state index contributed by atoms with van der Waals surface area (Å²) in [5.74, 6) is -0.981. The van der Waals surface area contributed by atoms with Gasteiger partial charge in [-0.15, -0.1) is 0 Å². The molecule has 1 aromatic carbocycles. The van der Waals surface area contributed by atoms with E-state index in [0.29, 0.717) is 6.61 Å². The van der Waals surface area contributed by atoms with Crippen LogP contribution in [0.3, 0.4) is 0 Å². The summed E-state index contributed by atoms with van der Waals surface area (Å²) in [5.41, 5.74) is 1.66. The van der Waals surface area contributed by atoms with E-state index >= 15 is 0 Å². The number of ether oxygens (including phenoxy) is 1. The van der Waals surface area contributed by atoms with Crippen molar-refractivity contribution in [2.75, 3.05) is 6.61 Å². The largest absolute Gasteiger partial charge is 0.550 e. The first-order valence-corrected chi connectivity index (χ1v) is 7.30. The molecule has 0 N–H and O–H groups in total. The number of carboxylic acids is 1. The Morgan fingerprint density at radius 1 is 1.35 bits per heavy atom. The van der Waals surface area contributed by atoms with Crippen molar-refractivity contribution in [1.82, 2.24) is 0 Å². The summed E-state index contributed by atoms with van der Waals surface area (Å²) in [6.07, 6.45) is 2.41. The van der Waals surface area contributed by atoms with Gasteiger partial charge in [-0.3, -0.25) is 0 Å². The van der Waals surface area contributed by atoms with Crippen LogP contribution < -0.4 is 5.11 Å². The predicted octanol–water partition coefficient (Wildman–Crippen LogP) is 2.35. The van der Waals surface area contributed by atoms with Gasteiger partial charge in [0.25, 0.3) is 0 Å². The van der Waals surface area contributed by atoms with Crippen LogP contribution in [0.25, 0.3) is 0 Å². The standard InChI is InChI=1S/C17H24O3/c1-4-16(3)12-17(9-10-20-16,11-15(18)19)14-7-5-13(2)6-8-14/h5-8H,4,9-12H2,1-3H3,(H,18,19)/p-1/t16-,17-/m0/s1. The smallest absolute Gasteiger partial charge is 0.0660 e. The molecule has 2 atom stereocenters. The van der Waals surface area contributed by atoms with Crippen molar-refractivity contribution < 1.29 is 14.6 Å². The van der Waals surface area contributed by atoms with Gasteiger partial charge >= 0.3 is 0 Å². The lowest BCUT2D eigenvalue weighted by atomic mass is 9.66. The molecule has 2 rings (SSSR count). The van der Waals surface area contributed by atoms with Gasteiger partial charge in [0, 0.05) is 18.0 Å². The Kier molecular flexibility index (Phi) is 4.19. The molecule has 3 nitrogen and oxygen atoms in total. The zero-order valence-corrected chi connectivity index (χ0v) is 12.6. The van der Waals surface area contributed by atoms with E-state index in [1.54, 1.807) is 0 Å². The number of benzene rings is 1. The van der Waals surface area contributed by atoms with E-state index in [1.807, 2.05) is 19.1 Å². The molecule has 0 spiro atoms. The summed E-state index contributed by atoms with van der Waals surface area (Å²) < 4.78 is 5.88. The Labute approximate surface area is 121 Å². The number of aliphatic carboxylic acids is 1. The number of carbonyl (C=O) groups is 1. The van der Waals surface area contributed by atoms with E-state index in [2.05, 4.69) is 26.0 Å². The van der Waals surface area contributed by atoms with Gasteiger partial charge in [-0.2, -0.15) is 0 Å². The number of rotatable bonds is 4. The highest BCUT2D eigenvalue weighted by Crippen LogP contribution is 2.45. The zero-order chi connectivity index (χ0) is 14.8. The van der Waals surface area contributed by atoms with Crippen LogP contribution in [0.15, 0.2) is 24.3 Å². The highest BCUT2D eigenvalue weighted by molar-refractivity contribution is 5.67. The molecular formula is C17H23O3-. The van der Waals surface area contributed by atoms with Gasteiger partial charge in [0.1, 0.15) is 0 Å². The van der Waals surface area contributed by atoms with E-state index in [0.717, 1.165) is 24.8 Å². The first-order chi connectivity index (χ1) is 9.39. The molecular weight excluding hydrogens is 252 g/mol. The van der Waals surface area contributed by atoms with Crippen LogP contribution in [-0.4, -0.2) is 18.2 Å². The molecule has 20 heavy (non-hydrogen) atoms. The molecule has 1 saturated heterocycles. The highest BCUT2D eigenvalue weighted by Gasteiger charge is 2.43. The van der Waals surface area contributed by atoms with E-state index < -0.39 is 5.97 Å². The molecule has 1 fully saturated rings. The topological polar surface area (TPSA) is 49.4 Å². The molecule has 1 aromatic rings. The van der Waals surface area contributed by atoms with Crippen molar-refractivity contribution in [3.8, 4) is 0 Å². The minimum atomic E-state index is -0.981. The third kappa shape index (κ3) is 3.04. The summed E-state index contributed by atoms with van der Waals surface area (Å²) in [6, 6.07) is 8.20. The maximum Gasteiger partial charge on any atom is 0.0660 e. The fourth-order valence-corrected chi connectivity index (χ4v) is 3.26. The molecule has 0 bridgehead atoms. The van der Waals surface area contributed by atoms with Crippen LogP contribution in [0, 0.1) is 6.92 Å². The number of aryl methyl sites for hydroxylation is 1. The Morgan fingerprint density at radius 2 is 2.00 bits per heavy atom. The van der Waals surface area contributed by atoms with E-state index in [1.165, 1.54) is 5.56 Å². The molecule has 0 saturated carbocycles. The molecule has 0 aromatic heterocycles. The zero-order valence-electron chi connectivity index (χ0n) is 12.6. The first kappa shape index (κ1) is 15.0. The Hall–Kier alpha value is -1.35. The number of carbonyl (C=O) groups excluding carboxylic acids is 1. The molecule has 110 valence electrons. The van der Waals surface area contributed by atoms with Crippen molar-refractivity contribution >= 4 is 5.97 Å². The summed E-state index contributed by atoms with van der Waals surface area (Å²) in [7, 11) is 0. The van der Waals surface area contributed by atoms with Crippen molar-refractivity contribution in [3.05, 3.63) is 35.4 Å². The van der Waals surface area contributed by atoms with E-state index in [-0.39, 0.29) is 17.4 Å². The van der Waals surface area contributed by atoms with Crippen molar-refractivity contribution in [2.45, 2.75) is 57.5 Å². The number of carboxylic acid groups (broad SMARTS) is 1.